The van der Waals surface area contributed by atoms with Gasteiger partial charge in [0.05, 0.1) is 30.4 Å². The van der Waals surface area contributed by atoms with Gasteiger partial charge in [-0.05, 0) is 30.5 Å². The lowest BCUT2D eigenvalue weighted by atomic mass is 10.0. The number of aliphatic hydroxyl groups excluding tert-OH is 1. The van der Waals surface area contributed by atoms with Gasteiger partial charge in [0, 0.05) is 17.1 Å². The molecule has 7 heteroatoms. The number of thiophene rings is 1. The number of aliphatic hydroxyl groups is 1. The van der Waals surface area contributed by atoms with Crippen molar-refractivity contribution in [3.05, 3.63) is 53.4 Å². The van der Waals surface area contributed by atoms with Gasteiger partial charge < -0.3 is 10.4 Å². The molecule has 0 saturated carbocycles. The van der Waals surface area contributed by atoms with Crippen molar-refractivity contribution >= 4 is 33.1 Å². The summed E-state index contributed by atoms with van der Waals surface area (Å²) in [7, 11) is 0. The highest BCUT2D eigenvalue weighted by atomic mass is 32.1. The van der Waals surface area contributed by atoms with Crippen LogP contribution in [0.2, 0.25) is 0 Å². The van der Waals surface area contributed by atoms with E-state index in [1.54, 1.807) is 28.5 Å². The van der Waals surface area contributed by atoms with Gasteiger partial charge in [0.25, 0.3) is 0 Å². The standard InChI is InChI=1S/C19H19N5OS/c1-12-3-4-14(7-13(12)2)16-10-26-19-17(16)18(20-11-21-19)23-15-8-22-24(9-15)5-6-25/h3-4,7-11,25H,5-6H2,1-2H3,(H,20,21,23). The first-order chi connectivity index (χ1) is 12.7. The number of nitrogens with zero attached hydrogens (tertiary/aromatic N) is 4. The SMILES string of the molecule is Cc1ccc(-c2csc3ncnc(Nc4cnn(CCO)c4)c23)cc1C. The zero-order chi connectivity index (χ0) is 18.1. The molecular formula is C19H19N5OS. The second-order valence-corrected chi connectivity index (χ2v) is 7.05. The molecule has 0 saturated heterocycles. The molecular weight excluding hydrogens is 346 g/mol. The monoisotopic (exact) mass is 365 g/mol. The molecule has 0 aliphatic heterocycles. The molecule has 0 spiro atoms. The van der Waals surface area contributed by atoms with Gasteiger partial charge in [0.1, 0.15) is 17.0 Å². The minimum absolute atomic E-state index is 0.0559. The van der Waals surface area contributed by atoms with Crippen molar-refractivity contribution in [1.29, 1.82) is 0 Å². The first-order valence-corrected chi connectivity index (χ1v) is 9.24. The molecule has 2 N–H and O–H groups in total. The van der Waals surface area contributed by atoms with E-state index >= 15 is 0 Å². The molecule has 0 radical (unpaired) electrons. The number of nitrogens with one attached hydrogen (secondary N) is 1. The molecule has 0 aliphatic rings. The minimum atomic E-state index is 0.0559. The van der Waals surface area contributed by atoms with Gasteiger partial charge in [-0.25, -0.2) is 9.97 Å². The van der Waals surface area contributed by atoms with E-state index in [9.17, 15) is 0 Å². The summed E-state index contributed by atoms with van der Waals surface area (Å²) in [4.78, 5) is 9.81. The van der Waals surface area contributed by atoms with Crippen LogP contribution in [-0.2, 0) is 6.54 Å². The number of fused-ring (bicyclic) bond motifs is 1. The van der Waals surface area contributed by atoms with E-state index in [0.29, 0.717) is 6.54 Å². The van der Waals surface area contributed by atoms with E-state index in [4.69, 9.17) is 5.11 Å². The quantitative estimate of drug-likeness (QED) is 0.561. The molecule has 6 nitrogen and oxygen atoms in total. The third-order valence-electron chi connectivity index (χ3n) is 4.41. The van der Waals surface area contributed by atoms with Crippen LogP contribution in [0.1, 0.15) is 11.1 Å². The number of anilines is 2. The first kappa shape index (κ1) is 16.7. The summed E-state index contributed by atoms with van der Waals surface area (Å²) in [5.74, 6) is 0.757. The number of rotatable bonds is 5. The summed E-state index contributed by atoms with van der Waals surface area (Å²) in [6.07, 6.45) is 5.15. The van der Waals surface area contributed by atoms with Crippen LogP contribution in [0.4, 0.5) is 11.5 Å². The highest BCUT2D eigenvalue weighted by Crippen LogP contribution is 2.37. The van der Waals surface area contributed by atoms with E-state index in [1.807, 2.05) is 6.20 Å². The molecule has 4 rings (SSSR count). The van der Waals surface area contributed by atoms with Crippen molar-refractivity contribution in [3.8, 4) is 11.1 Å². The van der Waals surface area contributed by atoms with Gasteiger partial charge in [-0.15, -0.1) is 11.3 Å². The second-order valence-electron chi connectivity index (χ2n) is 6.19. The van der Waals surface area contributed by atoms with Crippen molar-refractivity contribution in [2.75, 3.05) is 11.9 Å². The van der Waals surface area contributed by atoms with Crippen LogP contribution in [0.3, 0.4) is 0 Å². The van der Waals surface area contributed by atoms with Crippen LogP contribution >= 0.6 is 11.3 Å². The van der Waals surface area contributed by atoms with Crippen LogP contribution in [0.5, 0.6) is 0 Å². The summed E-state index contributed by atoms with van der Waals surface area (Å²) in [5, 5.41) is 19.7. The van der Waals surface area contributed by atoms with Gasteiger partial charge in [-0.3, -0.25) is 4.68 Å². The Labute approximate surface area is 155 Å². The number of aryl methyl sites for hydroxylation is 2. The minimum Gasteiger partial charge on any atom is -0.394 e. The van der Waals surface area contributed by atoms with Gasteiger partial charge >= 0.3 is 0 Å². The lowest BCUT2D eigenvalue weighted by Gasteiger charge is -2.08. The van der Waals surface area contributed by atoms with E-state index in [2.05, 4.69) is 57.8 Å². The predicted octanol–water partition coefficient (Wildman–Crippen LogP) is 3.91. The summed E-state index contributed by atoms with van der Waals surface area (Å²) in [6.45, 7) is 4.76. The lowest BCUT2D eigenvalue weighted by Crippen LogP contribution is -2.01. The largest absolute Gasteiger partial charge is 0.394 e. The smallest absolute Gasteiger partial charge is 0.143 e. The molecule has 0 bridgehead atoms. The van der Waals surface area contributed by atoms with Crippen molar-refractivity contribution < 1.29 is 5.11 Å². The highest BCUT2D eigenvalue weighted by molar-refractivity contribution is 7.17. The molecule has 3 heterocycles. The van der Waals surface area contributed by atoms with Crippen molar-refractivity contribution in [1.82, 2.24) is 19.7 Å². The molecule has 4 aromatic rings. The third kappa shape index (κ3) is 3.07. The van der Waals surface area contributed by atoms with Crippen LogP contribution in [0, 0.1) is 13.8 Å². The van der Waals surface area contributed by atoms with Gasteiger partial charge in [0.2, 0.25) is 0 Å². The number of benzene rings is 1. The van der Waals surface area contributed by atoms with E-state index in [0.717, 1.165) is 32.8 Å². The first-order valence-electron chi connectivity index (χ1n) is 8.36. The van der Waals surface area contributed by atoms with Crippen molar-refractivity contribution in [3.63, 3.8) is 0 Å². The fourth-order valence-electron chi connectivity index (χ4n) is 2.88. The van der Waals surface area contributed by atoms with Crippen molar-refractivity contribution in [2.24, 2.45) is 0 Å². The average Bonchev–Trinajstić information content (AvgIpc) is 3.25. The summed E-state index contributed by atoms with van der Waals surface area (Å²) < 4.78 is 1.69. The zero-order valence-electron chi connectivity index (χ0n) is 14.6. The second kappa shape index (κ2) is 6.86. The molecule has 0 aliphatic carbocycles. The van der Waals surface area contributed by atoms with Crippen LogP contribution in [0.15, 0.2) is 42.3 Å². The Morgan fingerprint density at radius 3 is 2.88 bits per heavy atom. The van der Waals surface area contributed by atoms with E-state index in [-0.39, 0.29) is 6.61 Å². The molecule has 1 aromatic carbocycles. The fourth-order valence-corrected chi connectivity index (χ4v) is 3.80. The number of hydrogen-bond donors (Lipinski definition) is 2. The maximum atomic E-state index is 9.04. The fraction of sp³-hybridized carbons (Fsp3) is 0.211. The summed E-state index contributed by atoms with van der Waals surface area (Å²) in [6, 6.07) is 6.48. The van der Waals surface area contributed by atoms with Gasteiger partial charge in [-0.2, -0.15) is 5.10 Å². The molecule has 0 atom stereocenters. The van der Waals surface area contributed by atoms with Crippen LogP contribution < -0.4 is 5.32 Å². The van der Waals surface area contributed by atoms with Gasteiger partial charge in [0.15, 0.2) is 0 Å². The summed E-state index contributed by atoms with van der Waals surface area (Å²) >= 11 is 1.61. The third-order valence-corrected chi connectivity index (χ3v) is 5.30. The van der Waals surface area contributed by atoms with E-state index < -0.39 is 0 Å². The molecule has 26 heavy (non-hydrogen) atoms. The Morgan fingerprint density at radius 2 is 2.08 bits per heavy atom. The highest BCUT2D eigenvalue weighted by Gasteiger charge is 2.14. The Hall–Kier alpha value is -2.77. The maximum Gasteiger partial charge on any atom is 0.143 e. The van der Waals surface area contributed by atoms with Crippen molar-refractivity contribution in [2.45, 2.75) is 20.4 Å². The Morgan fingerprint density at radius 1 is 1.19 bits per heavy atom. The Balaban J connectivity index is 1.77. The Bertz CT molecular complexity index is 1070. The Kier molecular flexibility index (Phi) is 4.40. The molecule has 0 unspecified atom stereocenters. The molecule has 3 aromatic heterocycles. The van der Waals surface area contributed by atoms with Gasteiger partial charge in [-0.1, -0.05) is 18.2 Å². The topological polar surface area (TPSA) is 75.9 Å². The summed E-state index contributed by atoms with van der Waals surface area (Å²) in [5.41, 5.74) is 5.65. The molecule has 0 fully saturated rings. The lowest BCUT2D eigenvalue weighted by molar-refractivity contribution is 0.269. The number of hydrogen-bond acceptors (Lipinski definition) is 6. The van der Waals surface area contributed by atoms with E-state index in [1.165, 1.54) is 11.1 Å². The number of aromatic nitrogens is 4. The normalized spacial score (nSPS) is 11.2. The van der Waals surface area contributed by atoms with Crippen LogP contribution in [-0.4, -0.2) is 31.5 Å². The maximum absolute atomic E-state index is 9.04. The predicted molar refractivity (Wildman–Crippen MR) is 105 cm³/mol. The van der Waals surface area contributed by atoms with Crippen LogP contribution in [0.25, 0.3) is 21.3 Å². The average molecular weight is 365 g/mol. The molecule has 132 valence electrons. The zero-order valence-corrected chi connectivity index (χ0v) is 15.4. The molecule has 0 amide bonds.